The van der Waals surface area contributed by atoms with Crippen LogP contribution in [0.4, 0.5) is 0 Å². The van der Waals surface area contributed by atoms with Crippen molar-refractivity contribution in [3.63, 3.8) is 0 Å². The van der Waals surface area contributed by atoms with Crippen molar-refractivity contribution in [2.45, 2.75) is 20.3 Å². The van der Waals surface area contributed by atoms with Gasteiger partial charge < -0.3 is 9.63 Å². The predicted octanol–water partition coefficient (Wildman–Crippen LogP) is 1.88. The van der Waals surface area contributed by atoms with Gasteiger partial charge in [0.2, 0.25) is 11.4 Å². The molecule has 0 spiro atoms. The SMILES string of the molecule is CC(C)Cc1c([O-])on[n+]1-c1ccc(Cl)cc1. The van der Waals surface area contributed by atoms with Crippen LogP contribution < -0.4 is 9.79 Å². The van der Waals surface area contributed by atoms with Gasteiger partial charge in [-0.25, -0.2) is 0 Å². The molecule has 0 radical (unpaired) electrons. The van der Waals surface area contributed by atoms with E-state index < -0.39 is 0 Å². The number of hydrogen-bond donors (Lipinski definition) is 0. The van der Waals surface area contributed by atoms with Crippen LogP contribution in [0.1, 0.15) is 19.5 Å². The Hall–Kier alpha value is -1.55. The first-order chi connectivity index (χ1) is 8.08. The van der Waals surface area contributed by atoms with Gasteiger partial charge in [-0.15, -0.1) is 0 Å². The number of halogens is 1. The molecule has 4 nitrogen and oxygen atoms in total. The lowest BCUT2D eigenvalue weighted by Crippen LogP contribution is -2.37. The fourth-order valence-corrected chi connectivity index (χ4v) is 1.73. The van der Waals surface area contributed by atoms with E-state index in [9.17, 15) is 5.11 Å². The average molecular weight is 253 g/mol. The molecule has 2 rings (SSSR count). The van der Waals surface area contributed by atoms with Gasteiger partial charge in [0.15, 0.2) is 5.95 Å². The highest BCUT2D eigenvalue weighted by Gasteiger charge is 2.20. The predicted molar refractivity (Wildman–Crippen MR) is 61.0 cm³/mol. The summed E-state index contributed by atoms with van der Waals surface area (Å²) in [6.45, 7) is 4.08. The third kappa shape index (κ3) is 2.58. The molecule has 90 valence electrons. The summed E-state index contributed by atoms with van der Waals surface area (Å²) in [4.78, 5) is 0. The van der Waals surface area contributed by atoms with E-state index in [1.807, 2.05) is 13.8 Å². The van der Waals surface area contributed by atoms with Crippen LogP contribution in [0.5, 0.6) is 5.95 Å². The molecular weight excluding hydrogens is 240 g/mol. The van der Waals surface area contributed by atoms with Crippen molar-refractivity contribution in [2.75, 3.05) is 0 Å². The lowest BCUT2D eigenvalue weighted by Gasteiger charge is -2.01. The minimum Gasteiger partial charge on any atom is -0.539 e. The second-order valence-corrected chi connectivity index (χ2v) is 4.73. The molecule has 0 aliphatic rings. The van der Waals surface area contributed by atoms with E-state index in [0.717, 1.165) is 5.69 Å². The van der Waals surface area contributed by atoms with E-state index in [1.165, 1.54) is 4.68 Å². The zero-order valence-electron chi connectivity index (χ0n) is 9.68. The average Bonchev–Trinajstić information content (AvgIpc) is 2.61. The van der Waals surface area contributed by atoms with Crippen LogP contribution in [0.2, 0.25) is 5.02 Å². The minimum atomic E-state index is -0.381. The Morgan fingerprint density at radius 2 is 2.00 bits per heavy atom. The van der Waals surface area contributed by atoms with E-state index in [1.54, 1.807) is 24.3 Å². The number of nitrogens with zero attached hydrogens (tertiary/aromatic N) is 2. The van der Waals surface area contributed by atoms with E-state index in [4.69, 9.17) is 16.1 Å². The van der Waals surface area contributed by atoms with Crippen LogP contribution in [0.15, 0.2) is 28.8 Å². The maximum absolute atomic E-state index is 11.5. The van der Waals surface area contributed by atoms with Gasteiger partial charge in [-0.2, -0.15) is 0 Å². The standard InChI is InChI=1S/C12H13ClN2O2/c1-8(2)7-11-12(16)17-14-15(11)10-5-3-9(13)4-6-10/h3-6,8H,7H2,1-2H3. The van der Waals surface area contributed by atoms with Crippen LogP contribution >= 0.6 is 11.6 Å². The van der Waals surface area contributed by atoms with E-state index in [-0.39, 0.29) is 5.95 Å². The van der Waals surface area contributed by atoms with Crippen molar-refractivity contribution in [3.8, 4) is 11.6 Å². The molecule has 0 saturated heterocycles. The molecule has 1 aromatic carbocycles. The van der Waals surface area contributed by atoms with Gasteiger partial charge in [0.25, 0.3) is 0 Å². The summed E-state index contributed by atoms with van der Waals surface area (Å²) in [6, 6.07) is 7.10. The molecule has 2 aromatic rings. The highest BCUT2D eigenvalue weighted by Crippen LogP contribution is 2.16. The topological polar surface area (TPSA) is 53.0 Å². The van der Waals surface area contributed by atoms with Crippen molar-refractivity contribution in [2.24, 2.45) is 5.92 Å². The lowest BCUT2D eigenvalue weighted by atomic mass is 10.1. The molecule has 1 aromatic heterocycles. The summed E-state index contributed by atoms with van der Waals surface area (Å²) in [5, 5.41) is 15.9. The van der Waals surface area contributed by atoms with Gasteiger partial charge >= 0.3 is 0 Å². The normalized spacial score (nSPS) is 11.1. The Labute approximate surface area is 104 Å². The van der Waals surface area contributed by atoms with Crippen molar-refractivity contribution >= 4 is 11.6 Å². The summed E-state index contributed by atoms with van der Waals surface area (Å²) >= 11 is 5.81. The largest absolute Gasteiger partial charge is 0.539 e. The molecule has 0 aliphatic heterocycles. The first-order valence-electron chi connectivity index (χ1n) is 5.41. The molecule has 0 N–H and O–H groups in total. The molecule has 0 amide bonds. The van der Waals surface area contributed by atoms with Crippen LogP contribution in [0, 0.1) is 5.92 Å². The van der Waals surface area contributed by atoms with Gasteiger partial charge in [-0.3, -0.25) is 0 Å². The monoisotopic (exact) mass is 252 g/mol. The van der Waals surface area contributed by atoms with Crippen LogP contribution in [-0.2, 0) is 6.42 Å². The zero-order chi connectivity index (χ0) is 12.4. The summed E-state index contributed by atoms with van der Waals surface area (Å²) in [6.07, 6.45) is 0.630. The van der Waals surface area contributed by atoms with Crippen molar-refractivity contribution in [1.82, 2.24) is 5.27 Å². The zero-order valence-corrected chi connectivity index (χ0v) is 10.4. The third-order valence-corrected chi connectivity index (χ3v) is 2.62. The van der Waals surface area contributed by atoms with Gasteiger partial charge in [0.1, 0.15) is 0 Å². The summed E-state index contributed by atoms with van der Waals surface area (Å²) < 4.78 is 6.23. The van der Waals surface area contributed by atoms with Crippen LogP contribution in [0.25, 0.3) is 5.69 Å². The molecule has 17 heavy (non-hydrogen) atoms. The van der Waals surface area contributed by atoms with Gasteiger partial charge in [0.05, 0.1) is 5.27 Å². The van der Waals surface area contributed by atoms with Crippen LogP contribution in [0.3, 0.4) is 0 Å². The Kier molecular flexibility index (Phi) is 3.33. The quantitative estimate of drug-likeness (QED) is 0.784. The second-order valence-electron chi connectivity index (χ2n) is 4.29. The Bertz CT molecular complexity index is 506. The first kappa shape index (κ1) is 11.9. The first-order valence-corrected chi connectivity index (χ1v) is 5.79. The maximum Gasteiger partial charge on any atom is 0.240 e. The minimum absolute atomic E-state index is 0.362. The van der Waals surface area contributed by atoms with E-state index in [0.29, 0.717) is 23.1 Å². The summed E-state index contributed by atoms with van der Waals surface area (Å²) in [7, 11) is 0. The molecule has 5 heteroatoms. The third-order valence-electron chi connectivity index (χ3n) is 2.37. The van der Waals surface area contributed by atoms with Crippen molar-refractivity contribution < 1.29 is 14.3 Å². The molecule has 0 atom stereocenters. The van der Waals surface area contributed by atoms with Crippen molar-refractivity contribution in [3.05, 3.63) is 35.0 Å². The molecule has 0 unspecified atom stereocenters. The Morgan fingerprint density at radius 1 is 1.35 bits per heavy atom. The fourth-order valence-electron chi connectivity index (χ4n) is 1.61. The summed E-state index contributed by atoms with van der Waals surface area (Å²) in [5.41, 5.74) is 1.33. The molecule has 0 fully saturated rings. The highest BCUT2D eigenvalue weighted by atomic mass is 35.5. The van der Waals surface area contributed by atoms with Gasteiger partial charge in [-0.05, 0) is 22.7 Å². The number of rotatable bonds is 3. The smallest absolute Gasteiger partial charge is 0.240 e. The maximum atomic E-state index is 11.5. The second kappa shape index (κ2) is 4.75. The number of hydrogen-bond acceptors (Lipinski definition) is 3. The molecular formula is C12H13ClN2O2. The van der Waals surface area contributed by atoms with Gasteiger partial charge in [-0.1, -0.05) is 25.4 Å². The Balaban J connectivity index is 2.41. The molecule has 0 saturated carbocycles. The van der Waals surface area contributed by atoms with E-state index >= 15 is 0 Å². The number of benzene rings is 1. The van der Waals surface area contributed by atoms with Crippen LogP contribution in [-0.4, -0.2) is 5.27 Å². The molecule has 0 aliphatic carbocycles. The Morgan fingerprint density at radius 3 is 2.59 bits per heavy atom. The van der Waals surface area contributed by atoms with Crippen molar-refractivity contribution in [1.29, 1.82) is 0 Å². The number of aromatic nitrogens is 2. The lowest BCUT2D eigenvalue weighted by molar-refractivity contribution is -0.677. The molecule has 0 bridgehead atoms. The fraction of sp³-hybridized carbons (Fsp3) is 0.333. The molecule has 1 heterocycles. The van der Waals surface area contributed by atoms with E-state index in [2.05, 4.69) is 5.27 Å². The summed E-state index contributed by atoms with van der Waals surface area (Å²) in [5.74, 6) is -0.0192. The van der Waals surface area contributed by atoms with Gasteiger partial charge in [0, 0.05) is 23.6 Å². The highest BCUT2D eigenvalue weighted by molar-refractivity contribution is 6.30.